The van der Waals surface area contributed by atoms with Crippen molar-refractivity contribution in [2.24, 2.45) is 0 Å². The van der Waals surface area contributed by atoms with Crippen LogP contribution in [0.15, 0.2) is 47.3 Å². The van der Waals surface area contributed by atoms with Gasteiger partial charge in [0.2, 0.25) is 5.91 Å². The van der Waals surface area contributed by atoms with Crippen molar-refractivity contribution in [2.75, 3.05) is 19.6 Å². The Hall–Kier alpha value is -3.49. The first-order valence-electron chi connectivity index (χ1n) is 7.50. The Kier molecular flexibility index (Phi) is 6.40. The van der Waals surface area contributed by atoms with E-state index in [0.717, 1.165) is 0 Å². The highest BCUT2D eigenvalue weighted by Gasteiger charge is 2.08. The number of carbonyl (C=O) groups excluding carboxylic acids is 3. The predicted octanol–water partition coefficient (Wildman–Crippen LogP) is -0.954. The molecule has 130 valence electrons. The standard InChI is InChI=1S/C16H17N5O4/c22-13-7-6-12(20-21-13)16(25)18-9-8-17-14(23)10-19-15(24)11-4-2-1-3-5-11/h1-7H,8-10H2,(H,17,23)(H,18,25)(H,19,24)(H,21,22). The van der Waals surface area contributed by atoms with Gasteiger partial charge in [0.1, 0.15) is 5.69 Å². The molecule has 0 saturated carbocycles. The Morgan fingerprint density at radius 2 is 1.60 bits per heavy atom. The van der Waals surface area contributed by atoms with Crippen LogP contribution in [-0.4, -0.2) is 47.6 Å². The van der Waals surface area contributed by atoms with Gasteiger partial charge in [0.15, 0.2) is 0 Å². The van der Waals surface area contributed by atoms with E-state index in [4.69, 9.17) is 0 Å². The number of H-pyrrole nitrogens is 1. The monoisotopic (exact) mass is 343 g/mol. The van der Waals surface area contributed by atoms with Crippen LogP contribution in [0.1, 0.15) is 20.8 Å². The molecular weight excluding hydrogens is 326 g/mol. The second-order valence-corrected chi connectivity index (χ2v) is 4.96. The smallest absolute Gasteiger partial charge is 0.271 e. The van der Waals surface area contributed by atoms with Crippen LogP contribution in [0.25, 0.3) is 0 Å². The van der Waals surface area contributed by atoms with Crippen molar-refractivity contribution < 1.29 is 14.4 Å². The normalized spacial score (nSPS) is 9.92. The molecule has 0 fully saturated rings. The van der Waals surface area contributed by atoms with Gasteiger partial charge in [-0.05, 0) is 18.2 Å². The molecule has 25 heavy (non-hydrogen) atoms. The second kappa shape index (κ2) is 8.96. The second-order valence-electron chi connectivity index (χ2n) is 4.96. The fraction of sp³-hybridized carbons (Fsp3) is 0.188. The van der Waals surface area contributed by atoms with Gasteiger partial charge in [0, 0.05) is 24.7 Å². The first-order valence-corrected chi connectivity index (χ1v) is 7.50. The van der Waals surface area contributed by atoms with E-state index < -0.39 is 11.5 Å². The minimum absolute atomic E-state index is 0.0704. The zero-order valence-corrected chi connectivity index (χ0v) is 13.2. The number of aromatic amines is 1. The number of nitrogens with zero attached hydrogens (tertiary/aromatic N) is 1. The van der Waals surface area contributed by atoms with Crippen molar-refractivity contribution in [1.29, 1.82) is 0 Å². The van der Waals surface area contributed by atoms with Crippen LogP contribution < -0.4 is 21.5 Å². The lowest BCUT2D eigenvalue weighted by Crippen LogP contribution is -2.40. The van der Waals surface area contributed by atoms with E-state index in [0.29, 0.717) is 5.56 Å². The van der Waals surface area contributed by atoms with Gasteiger partial charge in [-0.3, -0.25) is 19.2 Å². The molecule has 1 heterocycles. The molecule has 2 rings (SSSR count). The summed E-state index contributed by atoms with van der Waals surface area (Å²) in [6.45, 7) is 0.205. The summed E-state index contributed by atoms with van der Waals surface area (Å²) in [4.78, 5) is 46.0. The van der Waals surface area contributed by atoms with E-state index >= 15 is 0 Å². The summed E-state index contributed by atoms with van der Waals surface area (Å²) in [6.07, 6.45) is 0. The van der Waals surface area contributed by atoms with Crippen molar-refractivity contribution >= 4 is 17.7 Å². The fourth-order valence-corrected chi connectivity index (χ4v) is 1.85. The van der Waals surface area contributed by atoms with Crippen LogP contribution in [0.3, 0.4) is 0 Å². The highest BCUT2D eigenvalue weighted by atomic mass is 16.2. The number of nitrogens with one attached hydrogen (secondary N) is 4. The van der Waals surface area contributed by atoms with Crippen LogP contribution in [0.4, 0.5) is 0 Å². The third-order valence-electron chi connectivity index (χ3n) is 3.09. The topological polar surface area (TPSA) is 133 Å². The first-order chi connectivity index (χ1) is 12.1. The molecule has 2 aromatic rings. The fourth-order valence-electron chi connectivity index (χ4n) is 1.85. The van der Waals surface area contributed by atoms with E-state index in [1.807, 2.05) is 0 Å². The minimum atomic E-state index is -0.470. The molecule has 0 saturated heterocycles. The van der Waals surface area contributed by atoms with Gasteiger partial charge in [-0.15, -0.1) is 0 Å². The van der Waals surface area contributed by atoms with E-state index in [9.17, 15) is 19.2 Å². The van der Waals surface area contributed by atoms with E-state index in [2.05, 4.69) is 26.1 Å². The zero-order valence-electron chi connectivity index (χ0n) is 13.2. The van der Waals surface area contributed by atoms with Crippen molar-refractivity contribution in [2.45, 2.75) is 0 Å². The van der Waals surface area contributed by atoms with Crippen LogP contribution in [0.5, 0.6) is 0 Å². The van der Waals surface area contributed by atoms with Gasteiger partial charge in [-0.2, -0.15) is 5.10 Å². The molecule has 3 amide bonds. The van der Waals surface area contributed by atoms with Gasteiger partial charge in [0.05, 0.1) is 6.54 Å². The largest absolute Gasteiger partial charge is 0.353 e. The van der Waals surface area contributed by atoms with Crippen molar-refractivity contribution in [3.05, 3.63) is 64.1 Å². The lowest BCUT2D eigenvalue weighted by molar-refractivity contribution is -0.120. The van der Waals surface area contributed by atoms with Gasteiger partial charge < -0.3 is 16.0 Å². The molecule has 0 aliphatic carbocycles. The van der Waals surface area contributed by atoms with Crippen LogP contribution in [-0.2, 0) is 4.79 Å². The van der Waals surface area contributed by atoms with Crippen LogP contribution in [0.2, 0.25) is 0 Å². The predicted molar refractivity (Wildman–Crippen MR) is 89.0 cm³/mol. The highest BCUT2D eigenvalue weighted by molar-refractivity contribution is 5.96. The molecule has 4 N–H and O–H groups in total. The molecule has 9 nitrogen and oxygen atoms in total. The molecule has 1 aromatic carbocycles. The number of hydrogen-bond donors (Lipinski definition) is 4. The number of benzene rings is 1. The quantitative estimate of drug-likeness (QED) is 0.481. The molecule has 0 unspecified atom stereocenters. The van der Waals surface area contributed by atoms with E-state index in [1.54, 1.807) is 30.3 Å². The Labute approximate surface area is 142 Å². The number of aromatic nitrogens is 2. The number of carbonyl (C=O) groups is 3. The Balaban J connectivity index is 1.63. The maximum Gasteiger partial charge on any atom is 0.271 e. The summed E-state index contributed by atoms with van der Waals surface area (Å²) in [5.74, 6) is -1.18. The van der Waals surface area contributed by atoms with Gasteiger partial charge >= 0.3 is 0 Å². The van der Waals surface area contributed by atoms with E-state index in [1.165, 1.54) is 12.1 Å². The Morgan fingerprint density at radius 3 is 2.28 bits per heavy atom. The van der Waals surface area contributed by atoms with E-state index in [-0.39, 0.29) is 37.1 Å². The molecule has 9 heteroatoms. The SMILES string of the molecule is O=C(CNC(=O)c1ccccc1)NCCNC(=O)c1ccc(=O)[nH]n1. The maximum atomic E-state index is 11.8. The number of rotatable bonds is 7. The maximum absolute atomic E-state index is 11.8. The van der Waals surface area contributed by atoms with Gasteiger partial charge in [-0.1, -0.05) is 18.2 Å². The zero-order chi connectivity index (χ0) is 18.1. The Morgan fingerprint density at radius 1 is 0.880 bits per heavy atom. The number of hydrogen-bond acceptors (Lipinski definition) is 5. The van der Waals surface area contributed by atoms with Crippen LogP contribution >= 0.6 is 0 Å². The molecular formula is C16H17N5O4. The molecule has 0 aliphatic heterocycles. The Bertz CT molecular complexity index is 783. The number of amides is 3. The van der Waals surface area contributed by atoms with Crippen molar-refractivity contribution in [1.82, 2.24) is 26.1 Å². The summed E-state index contributed by atoms with van der Waals surface area (Å²) in [6, 6.07) is 11.0. The molecule has 1 aromatic heterocycles. The van der Waals surface area contributed by atoms with Gasteiger partial charge in [-0.25, -0.2) is 5.10 Å². The summed E-state index contributed by atoms with van der Waals surface area (Å²) in [7, 11) is 0. The summed E-state index contributed by atoms with van der Waals surface area (Å²) in [5.41, 5.74) is 0.137. The first kappa shape index (κ1) is 17.9. The molecule has 0 atom stereocenters. The minimum Gasteiger partial charge on any atom is -0.353 e. The molecule has 0 bridgehead atoms. The lowest BCUT2D eigenvalue weighted by Gasteiger charge is -2.08. The highest BCUT2D eigenvalue weighted by Crippen LogP contribution is 1.97. The molecule has 0 aliphatic rings. The lowest BCUT2D eigenvalue weighted by atomic mass is 10.2. The summed E-state index contributed by atoms with van der Waals surface area (Å²) < 4.78 is 0. The average Bonchev–Trinajstić information content (AvgIpc) is 2.64. The van der Waals surface area contributed by atoms with Crippen molar-refractivity contribution in [3.8, 4) is 0 Å². The molecule has 0 radical (unpaired) electrons. The van der Waals surface area contributed by atoms with Gasteiger partial charge in [0.25, 0.3) is 17.4 Å². The molecule has 0 spiro atoms. The van der Waals surface area contributed by atoms with Crippen LogP contribution in [0, 0.1) is 0 Å². The average molecular weight is 343 g/mol. The summed E-state index contributed by atoms with van der Waals surface area (Å²) >= 11 is 0. The third-order valence-corrected chi connectivity index (χ3v) is 3.09. The summed E-state index contributed by atoms with van der Waals surface area (Å²) in [5, 5.41) is 13.3. The van der Waals surface area contributed by atoms with Crippen molar-refractivity contribution in [3.63, 3.8) is 0 Å². The third kappa shape index (κ3) is 5.90.